The van der Waals surface area contributed by atoms with Crippen LogP contribution >= 0.6 is 0 Å². The first-order valence-electron chi connectivity index (χ1n) is 7.57. The molecule has 1 amide bonds. The van der Waals surface area contributed by atoms with Crippen LogP contribution in [-0.4, -0.2) is 30.8 Å². The standard InChI is InChI=1S/C16H15FN6O3/c1-21-14-13(15(25)22(2)16(21)26)23(9-18-14)8-12(24)20-19-7-10-3-5-11(17)6-4-10/h3-7,9H,8H2,1-2H3,(H,20,24). The third-order valence-electron chi connectivity index (χ3n) is 3.80. The lowest BCUT2D eigenvalue weighted by Gasteiger charge is -2.05. The first-order valence-corrected chi connectivity index (χ1v) is 7.57. The summed E-state index contributed by atoms with van der Waals surface area (Å²) in [7, 11) is 2.85. The molecule has 26 heavy (non-hydrogen) atoms. The van der Waals surface area contributed by atoms with E-state index in [4.69, 9.17) is 0 Å². The van der Waals surface area contributed by atoms with Gasteiger partial charge in [-0.25, -0.2) is 19.6 Å². The van der Waals surface area contributed by atoms with Crippen LogP contribution in [0.25, 0.3) is 11.2 Å². The van der Waals surface area contributed by atoms with E-state index in [1.807, 2.05) is 0 Å². The van der Waals surface area contributed by atoms with Crippen molar-refractivity contribution in [2.24, 2.45) is 19.2 Å². The van der Waals surface area contributed by atoms with E-state index in [2.05, 4.69) is 15.5 Å². The average Bonchev–Trinajstić information content (AvgIpc) is 3.03. The number of amides is 1. The zero-order valence-corrected chi connectivity index (χ0v) is 14.0. The number of aromatic nitrogens is 4. The van der Waals surface area contributed by atoms with E-state index >= 15 is 0 Å². The molecule has 2 aromatic heterocycles. The van der Waals surface area contributed by atoms with Crippen molar-refractivity contribution in [3.63, 3.8) is 0 Å². The molecule has 10 heteroatoms. The van der Waals surface area contributed by atoms with Crippen LogP contribution in [0.5, 0.6) is 0 Å². The molecule has 0 aliphatic carbocycles. The third kappa shape index (κ3) is 3.16. The zero-order valence-electron chi connectivity index (χ0n) is 14.0. The van der Waals surface area contributed by atoms with Crippen molar-refractivity contribution in [3.05, 3.63) is 62.8 Å². The third-order valence-corrected chi connectivity index (χ3v) is 3.80. The minimum Gasteiger partial charge on any atom is -0.315 e. The summed E-state index contributed by atoms with van der Waals surface area (Å²) in [5, 5.41) is 3.78. The van der Waals surface area contributed by atoms with Gasteiger partial charge in [0.15, 0.2) is 11.2 Å². The lowest BCUT2D eigenvalue weighted by molar-refractivity contribution is -0.121. The van der Waals surface area contributed by atoms with Gasteiger partial charge in [-0.3, -0.25) is 18.7 Å². The quantitative estimate of drug-likeness (QED) is 0.512. The number of hydrogen-bond acceptors (Lipinski definition) is 5. The van der Waals surface area contributed by atoms with Gasteiger partial charge in [0.05, 0.1) is 12.5 Å². The van der Waals surface area contributed by atoms with Gasteiger partial charge in [-0.15, -0.1) is 0 Å². The normalized spacial score (nSPS) is 11.3. The number of hydrazone groups is 1. The van der Waals surface area contributed by atoms with Crippen LogP contribution in [0.15, 0.2) is 45.3 Å². The summed E-state index contributed by atoms with van der Waals surface area (Å²) in [4.78, 5) is 40.2. The van der Waals surface area contributed by atoms with Crippen LogP contribution in [0.2, 0.25) is 0 Å². The summed E-state index contributed by atoms with van der Waals surface area (Å²) >= 11 is 0. The smallest absolute Gasteiger partial charge is 0.315 e. The highest BCUT2D eigenvalue weighted by Gasteiger charge is 2.15. The first-order chi connectivity index (χ1) is 12.4. The van der Waals surface area contributed by atoms with E-state index in [1.165, 1.54) is 60.0 Å². The van der Waals surface area contributed by atoms with Gasteiger partial charge >= 0.3 is 5.69 Å². The molecule has 0 radical (unpaired) electrons. The highest BCUT2D eigenvalue weighted by Crippen LogP contribution is 2.05. The number of carbonyl (C=O) groups is 1. The molecule has 0 bridgehead atoms. The molecule has 0 atom stereocenters. The second kappa shape index (κ2) is 6.75. The van der Waals surface area contributed by atoms with Gasteiger partial charge in [0.25, 0.3) is 11.5 Å². The number of carbonyl (C=O) groups excluding carboxylic acids is 1. The van der Waals surface area contributed by atoms with Gasteiger partial charge < -0.3 is 4.57 Å². The Labute approximate surface area is 146 Å². The van der Waals surface area contributed by atoms with E-state index in [1.54, 1.807) is 0 Å². The Bertz CT molecular complexity index is 1120. The summed E-state index contributed by atoms with van der Waals surface area (Å²) in [6.07, 6.45) is 2.68. The lowest BCUT2D eigenvalue weighted by atomic mass is 10.2. The molecule has 9 nitrogen and oxygen atoms in total. The highest BCUT2D eigenvalue weighted by atomic mass is 19.1. The second-order valence-electron chi connectivity index (χ2n) is 5.60. The summed E-state index contributed by atoms with van der Waals surface area (Å²) in [5.74, 6) is -0.854. The Hall–Kier alpha value is -3.56. The van der Waals surface area contributed by atoms with E-state index < -0.39 is 17.2 Å². The minimum absolute atomic E-state index is 0.146. The highest BCUT2D eigenvalue weighted by molar-refractivity contribution is 5.83. The number of benzene rings is 1. The Morgan fingerprint density at radius 2 is 1.92 bits per heavy atom. The number of nitrogens with zero attached hydrogens (tertiary/aromatic N) is 5. The molecule has 1 N–H and O–H groups in total. The van der Waals surface area contributed by atoms with Crippen molar-refractivity contribution in [3.8, 4) is 0 Å². The number of rotatable bonds is 4. The fourth-order valence-corrected chi connectivity index (χ4v) is 2.43. The van der Waals surface area contributed by atoms with Gasteiger partial charge in [-0.05, 0) is 17.7 Å². The van der Waals surface area contributed by atoms with E-state index in [0.29, 0.717) is 5.56 Å². The average molecular weight is 358 g/mol. The number of imidazole rings is 1. The predicted molar refractivity (Wildman–Crippen MR) is 92.4 cm³/mol. The first kappa shape index (κ1) is 17.3. The van der Waals surface area contributed by atoms with Gasteiger partial charge in [0.2, 0.25) is 0 Å². The number of nitrogens with one attached hydrogen (secondary N) is 1. The van der Waals surface area contributed by atoms with Gasteiger partial charge in [-0.2, -0.15) is 5.10 Å². The van der Waals surface area contributed by atoms with E-state index in [-0.39, 0.29) is 23.5 Å². The van der Waals surface area contributed by atoms with Crippen molar-refractivity contribution in [1.29, 1.82) is 0 Å². The molecule has 0 aliphatic heterocycles. The fourth-order valence-electron chi connectivity index (χ4n) is 2.43. The molecule has 3 rings (SSSR count). The van der Waals surface area contributed by atoms with Crippen molar-refractivity contribution in [1.82, 2.24) is 24.1 Å². The van der Waals surface area contributed by atoms with Crippen molar-refractivity contribution < 1.29 is 9.18 Å². The van der Waals surface area contributed by atoms with E-state index in [9.17, 15) is 18.8 Å². The topological polar surface area (TPSA) is 103 Å². The fraction of sp³-hybridized carbons (Fsp3) is 0.188. The van der Waals surface area contributed by atoms with E-state index in [0.717, 1.165) is 4.57 Å². The number of halogens is 1. The maximum absolute atomic E-state index is 12.8. The molecule has 0 aliphatic rings. The minimum atomic E-state index is -0.539. The second-order valence-corrected chi connectivity index (χ2v) is 5.60. The van der Waals surface area contributed by atoms with Crippen LogP contribution in [0.4, 0.5) is 4.39 Å². The summed E-state index contributed by atoms with van der Waals surface area (Å²) in [6, 6.07) is 5.58. The maximum Gasteiger partial charge on any atom is 0.332 e. The van der Waals surface area contributed by atoms with Crippen molar-refractivity contribution in [2.45, 2.75) is 6.54 Å². The molecular formula is C16H15FN6O3. The molecular weight excluding hydrogens is 343 g/mol. The molecule has 0 spiro atoms. The van der Waals surface area contributed by atoms with Crippen LogP contribution in [0.1, 0.15) is 5.56 Å². The Morgan fingerprint density at radius 3 is 2.62 bits per heavy atom. The molecule has 0 unspecified atom stereocenters. The van der Waals surface area contributed by atoms with Gasteiger partial charge in [0.1, 0.15) is 12.4 Å². The summed E-state index contributed by atoms with van der Waals surface area (Å²) in [6.45, 7) is -0.204. The number of fused-ring (bicyclic) bond motifs is 1. The SMILES string of the molecule is Cn1c(=O)c2c(ncn2CC(=O)NN=Cc2ccc(F)cc2)n(C)c1=O. The van der Waals surface area contributed by atoms with Crippen molar-refractivity contribution in [2.75, 3.05) is 0 Å². The molecule has 0 saturated carbocycles. The van der Waals surface area contributed by atoms with Gasteiger partial charge in [-0.1, -0.05) is 12.1 Å². The van der Waals surface area contributed by atoms with Gasteiger partial charge in [0, 0.05) is 14.1 Å². The molecule has 2 heterocycles. The Balaban J connectivity index is 1.79. The molecule has 134 valence electrons. The molecule has 1 aromatic carbocycles. The number of aryl methyl sites for hydroxylation is 1. The summed E-state index contributed by atoms with van der Waals surface area (Å²) < 4.78 is 16.3. The van der Waals surface area contributed by atoms with Crippen LogP contribution in [0, 0.1) is 5.82 Å². The number of hydrogen-bond donors (Lipinski definition) is 1. The summed E-state index contributed by atoms with van der Waals surface area (Å²) in [5.41, 5.74) is 2.24. The van der Waals surface area contributed by atoms with Crippen LogP contribution < -0.4 is 16.7 Å². The lowest BCUT2D eigenvalue weighted by Crippen LogP contribution is -2.38. The predicted octanol–water partition coefficient (Wildman–Crippen LogP) is -0.277. The Kier molecular flexibility index (Phi) is 4.48. The Morgan fingerprint density at radius 1 is 1.23 bits per heavy atom. The monoisotopic (exact) mass is 358 g/mol. The van der Waals surface area contributed by atoms with Crippen molar-refractivity contribution >= 4 is 23.3 Å². The molecule has 0 saturated heterocycles. The molecule has 0 fully saturated rings. The van der Waals surface area contributed by atoms with Crippen LogP contribution in [0.3, 0.4) is 0 Å². The zero-order chi connectivity index (χ0) is 18.8. The largest absolute Gasteiger partial charge is 0.332 e. The van der Waals surface area contributed by atoms with Crippen LogP contribution in [-0.2, 0) is 25.4 Å². The maximum atomic E-state index is 12.8. The molecule has 3 aromatic rings.